The minimum atomic E-state index is -0.213. The van der Waals surface area contributed by atoms with Gasteiger partial charge in [0.1, 0.15) is 17.3 Å². The molecule has 0 aliphatic carbocycles. The smallest absolute Gasteiger partial charge is 0.274 e. The third-order valence-electron chi connectivity index (χ3n) is 4.07. The van der Waals surface area contributed by atoms with E-state index in [0.29, 0.717) is 11.5 Å². The van der Waals surface area contributed by atoms with Crippen LogP contribution in [0.4, 0.5) is 11.5 Å². The molecule has 1 aromatic heterocycles. The summed E-state index contributed by atoms with van der Waals surface area (Å²) in [5.41, 5.74) is 1.14. The first-order valence-corrected chi connectivity index (χ1v) is 9.09. The van der Waals surface area contributed by atoms with Crippen molar-refractivity contribution in [2.45, 2.75) is 32.6 Å². The van der Waals surface area contributed by atoms with Crippen molar-refractivity contribution in [3.05, 3.63) is 46.3 Å². The predicted octanol–water partition coefficient (Wildman–Crippen LogP) is 4.18. The first kappa shape index (κ1) is 16.9. The highest BCUT2D eigenvalue weighted by Gasteiger charge is 2.16. The van der Waals surface area contributed by atoms with Gasteiger partial charge in [0.15, 0.2) is 0 Å². The normalized spacial score (nSPS) is 15.0. The van der Waals surface area contributed by atoms with Crippen molar-refractivity contribution in [1.29, 1.82) is 0 Å². The molecule has 0 unspecified atom stereocenters. The molecule has 0 radical (unpaired) electrons. The van der Waals surface area contributed by atoms with E-state index in [0.717, 1.165) is 29.1 Å². The van der Waals surface area contributed by atoms with Gasteiger partial charge in [0.05, 0.1) is 0 Å². The van der Waals surface area contributed by atoms with Crippen LogP contribution >= 0.6 is 15.9 Å². The summed E-state index contributed by atoms with van der Waals surface area (Å²) in [6.07, 6.45) is 4.86. The van der Waals surface area contributed by atoms with Crippen LogP contribution in [0.1, 0.15) is 42.0 Å². The molecule has 2 heterocycles. The number of hydrogen-bond donors (Lipinski definition) is 1. The summed E-state index contributed by atoms with van der Waals surface area (Å²) in [4.78, 5) is 23.6. The average Bonchev–Trinajstić information content (AvgIpc) is 2.83. The van der Waals surface area contributed by atoms with E-state index in [1.54, 1.807) is 6.07 Å². The third kappa shape index (κ3) is 4.32. The fourth-order valence-corrected chi connectivity index (χ4v) is 3.29. The van der Waals surface area contributed by atoms with Crippen LogP contribution in [0.25, 0.3) is 0 Å². The van der Waals surface area contributed by atoms with Gasteiger partial charge in [-0.2, -0.15) is 0 Å². The van der Waals surface area contributed by atoms with Crippen LogP contribution in [-0.4, -0.2) is 29.0 Å². The Labute approximate surface area is 150 Å². The van der Waals surface area contributed by atoms with Crippen LogP contribution in [-0.2, 0) is 0 Å². The maximum Gasteiger partial charge on any atom is 0.274 e. The molecular formula is C18H21BrN4O. The lowest BCUT2D eigenvalue weighted by molar-refractivity contribution is 0.102. The second-order valence-corrected chi connectivity index (χ2v) is 6.94. The van der Waals surface area contributed by atoms with E-state index < -0.39 is 0 Å². The number of anilines is 2. The molecule has 2 aromatic rings. The molecule has 1 aliphatic rings. The summed E-state index contributed by atoms with van der Waals surface area (Å²) >= 11 is 3.41. The monoisotopic (exact) mass is 388 g/mol. The Balaban J connectivity index is 1.81. The minimum absolute atomic E-state index is 0.213. The van der Waals surface area contributed by atoms with E-state index in [4.69, 9.17) is 0 Å². The molecule has 1 saturated heterocycles. The lowest BCUT2D eigenvalue weighted by Gasteiger charge is -2.22. The molecule has 1 aromatic carbocycles. The average molecular weight is 389 g/mol. The molecule has 0 bridgehead atoms. The summed E-state index contributed by atoms with van der Waals surface area (Å²) in [5.74, 6) is 1.26. The third-order valence-corrected chi connectivity index (χ3v) is 4.56. The lowest BCUT2D eigenvalue weighted by Crippen LogP contribution is -2.26. The Morgan fingerprint density at radius 1 is 1.12 bits per heavy atom. The van der Waals surface area contributed by atoms with Gasteiger partial charge in [-0.3, -0.25) is 4.79 Å². The van der Waals surface area contributed by atoms with Crippen molar-refractivity contribution in [2.75, 3.05) is 23.3 Å². The SMILES string of the molecule is Cc1nc(C(=O)Nc2cccc(Br)c2)cc(N2CCCCCC2)n1. The van der Waals surface area contributed by atoms with Crippen molar-refractivity contribution in [3.63, 3.8) is 0 Å². The summed E-state index contributed by atoms with van der Waals surface area (Å²) in [7, 11) is 0. The number of nitrogens with one attached hydrogen (secondary N) is 1. The molecule has 0 spiro atoms. The van der Waals surface area contributed by atoms with Gasteiger partial charge in [0.25, 0.3) is 5.91 Å². The van der Waals surface area contributed by atoms with Gasteiger partial charge < -0.3 is 10.2 Å². The molecule has 126 valence electrons. The summed E-state index contributed by atoms with van der Waals surface area (Å²) in [6.45, 7) is 3.81. The van der Waals surface area contributed by atoms with E-state index in [1.165, 1.54) is 25.7 Å². The number of aryl methyl sites for hydroxylation is 1. The highest BCUT2D eigenvalue weighted by atomic mass is 79.9. The molecular weight excluding hydrogens is 368 g/mol. The van der Waals surface area contributed by atoms with Crippen LogP contribution in [0.5, 0.6) is 0 Å². The van der Waals surface area contributed by atoms with E-state index in [2.05, 4.69) is 36.1 Å². The molecule has 0 atom stereocenters. The van der Waals surface area contributed by atoms with Gasteiger partial charge in [0.2, 0.25) is 0 Å². The molecule has 6 heteroatoms. The quantitative estimate of drug-likeness (QED) is 0.856. The standard InChI is InChI=1S/C18H21BrN4O/c1-13-20-16(18(24)22-15-8-6-7-14(19)11-15)12-17(21-13)23-9-4-2-3-5-10-23/h6-8,11-12H,2-5,9-10H2,1H3,(H,22,24). The number of carbonyl (C=O) groups is 1. The van der Waals surface area contributed by atoms with E-state index in [1.807, 2.05) is 31.2 Å². The van der Waals surface area contributed by atoms with Crippen LogP contribution < -0.4 is 10.2 Å². The summed E-state index contributed by atoms with van der Waals surface area (Å²) in [5, 5.41) is 2.89. The maximum atomic E-state index is 12.5. The zero-order chi connectivity index (χ0) is 16.9. The minimum Gasteiger partial charge on any atom is -0.356 e. The molecule has 1 amide bonds. The molecule has 5 nitrogen and oxygen atoms in total. The number of hydrogen-bond acceptors (Lipinski definition) is 4. The highest BCUT2D eigenvalue weighted by molar-refractivity contribution is 9.10. The molecule has 0 saturated carbocycles. The first-order valence-electron chi connectivity index (χ1n) is 8.29. The van der Waals surface area contributed by atoms with Gasteiger partial charge in [-0.1, -0.05) is 34.8 Å². The van der Waals surface area contributed by atoms with Crippen LogP contribution in [0.2, 0.25) is 0 Å². The Bertz CT molecular complexity index is 727. The molecule has 3 rings (SSSR count). The van der Waals surface area contributed by atoms with E-state index in [9.17, 15) is 4.79 Å². The van der Waals surface area contributed by atoms with E-state index >= 15 is 0 Å². The maximum absolute atomic E-state index is 12.5. The molecule has 24 heavy (non-hydrogen) atoms. The van der Waals surface area contributed by atoms with Crippen LogP contribution in [0, 0.1) is 6.92 Å². The number of halogens is 1. The van der Waals surface area contributed by atoms with Crippen molar-refractivity contribution in [2.24, 2.45) is 0 Å². The molecule has 1 N–H and O–H groups in total. The Hall–Kier alpha value is -1.95. The van der Waals surface area contributed by atoms with E-state index in [-0.39, 0.29) is 5.91 Å². The second kappa shape index (κ2) is 7.75. The largest absolute Gasteiger partial charge is 0.356 e. The first-order chi connectivity index (χ1) is 11.6. The fourth-order valence-electron chi connectivity index (χ4n) is 2.89. The van der Waals surface area contributed by atoms with Gasteiger partial charge in [-0.05, 0) is 38.0 Å². The Kier molecular flexibility index (Phi) is 5.45. The van der Waals surface area contributed by atoms with Gasteiger partial charge in [0, 0.05) is 29.3 Å². The molecule has 1 aliphatic heterocycles. The Morgan fingerprint density at radius 3 is 2.58 bits per heavy atom. The van der Waals surface area contributed by atoms with Crippen LogP contribution in [0.15, 0.2) is 34.8 Å². The number of amides is 1. The zero-order valence-electron chi connectivity index (χ0n) is 13.8. The Morgan fingerprint density at radius 2 is 1.88 bits per heavy atom. The van der Waals surface area contributed by atoms with Crippen LogP contribution in [0.3, 0.4) is 0 Å². The lowest BCUT2D eigenvalue weighted by atomic mass is 10.2. The van der Waals surface area contributed by atoms with Crippen molar-refractivity contribution < 1.29 is 4.79 Å². The zero-order valence-corrected chi connectivity index (χ0v) is 15.3. The number of carbonyl (C=O) groups excluding carboxylic acids is 1. The number of aromatic nitrogens is 2. The predicted molar refractivity (Wildman–Crippen MR) is 99.5 cm³/mol. The highest BCUT2D eigenvalue weighted by Crippen LogP contribution is 2.20. The van der Waals surface area contributed by atoms with Crippen molar-refractivity contribution in [3.8, 4) is 0 Å². The topological polar surface area (TPSA) is 58.1 Å². The fraction of sp³-hybridized carbons (Fsp3) is 0.389. The van der Waals surface area contributed by atoms with Gasteiger partial charge in [-0.25, -0.2) is 9.97 Å². The number of nitrogens with zero attached hydrogens (tertiary/aromatic N) is 3. The van der Waals surface area contributed by atoms with Gasteiger partial charge in [-0.15, -0.1) is 0 Å². The summed E-state index contributed by atoms with van der Waals surface area (Å²) in [6, 6.07) is 9.31. The number of rotatable bonds is 3. The van der Waals surface area contributed by atoms with Gasteiger partial charge >= 0.3 is 0 Å². The number of benzene rings is 1. The molecule has 1 fully saturated rings. The van der Waals surface area contributed by atoms with Crippen molar-refractivity contribution >= 4 is 33.3 Å². The van der Waals surface area contributed by atoms with Crippen molar-refractivity contribution in [1.82, 2.24) is 9.97 Å². The second-order valence-electron chi connectivity index (χ2n) is 6.02. The summed E-state index contributed by atoms with van der Waals surface area (Å²) < 4.78 is 0.921.